The molecule has 1 aliphatic heterocycles. The molecular weight excluding hydrogens is 368 g/mol. The molecule has 2 N–H and O–H groups in total. The number of hydrogen-bond acceptors (Lipinski definition) is 5. The molecule has 0 radical (unpaired) electrons. The largest absolute Gasteiger partial charge is 0.395 e. The highest BCUT2D eigenvalue weighted by Gasteiger charge is 2.21. The van der Waals surface area contributed by atoms with Gasteiger partial charge in [0.25, 0.3) is 0 Å². The van der Waals surface area contributed by atoms with Crippen molar-refractivity contribution in [3.63, 3.8) is 0 Å². The Morgan fingerprint density at radius 3 is 2.65 bits per heavy atom. The number of rotatable bonds is 5. The Balaban J connectivity index is 1.49. The Hall–Kier alpha value is -0.950. The summed E-state index contributed by atoms with van der Waals surface area (Å²) in [5.41, 5.74) is 3.10. The van der Waals surface area contributed by atoms with E-state index in [2.05, 4.69) is 20.9 Å². The number of aromatic amines is 1. The fourth-order valence-electron chi connectivity index (χ4n) is 3.99. The lowest BCUT2D eigenvalue weighted by atomic mass is 10.0. The van der Waals surface area contributed by atoms with Crippen LogP contribution in [0, 0.1) is 0 Å². The zero-order valence-corrected chi connectivity index (χ0v) is 16.7. The van der Waals surface area contributed by atoms with Crippen LogP contribution in [0.15, 0.2) is 17.3 Å². The minimum atomic E-state index is 0.224. The molecule has 4 rings (SSSR count). The SMILES string of the molecule is OCCN1CCN(c2cc3nc(SC4CCCCC4)[nH]c3cc2Cl)CC1. The first-order valence-electron chi connectivity index (χ1n) is 9.67. The number of nitrogens with zero attached hydrogens (tertiary/aromatic N) is 3. The second kappa shape index (κ2) is 8.38. The zero-order chi connectivity index (χ0) is 17.9. The van der Waals surface area contributed by atoms with Crippen molar-refractivity contribution in [2.24, 2.45) is 0 Å². The highest BCUT2D eigenvalue weighted by atomic mass is 35.5. The van der Waals surface area contributed by atoms with Crippen molar-refractivity contribution in [3.8, 4) is 0 Å². The minimum absolute atomic E-state index is 0.224. The van der Waals surface area contributed by atoms with Crippen molar-refractivity contribution < 1.29 is 5.11 Å². The van der Waals surface area contributed by atoms with Crippen LogP contribution < -0.4 is 4.90 Å². The van der Waals surface area contributed by atoms with Gasteiger partial charge in [-0.15, -0.1) is 0 Å². The van der Waals surface area contributed by atoms with Gasteiger partial charge >= 0.3 is 0 Å². The average Bonchev–Trinajstić information content (AvgIpc) is 3.04. The smallest absolute Gasteiger partial charge is 0.166 e. The third-order valence-corrected chi connectivity index (χ3v) is 7.01. The number of H-pyrrole nitrogens is 1. The van der Waals surface area contributed by atoms with Crippen LogP contribution in [0.2, 0.25) is 5.02 Å². The molecule has 7 heteroatoms. The minimum Gasteiger partial charge on any atom is -0.395 e. The molecule has 1 saturated carbocycles. The van der Waals surface area contributed by atoms with Crippen molar-refractivity contribution in [3.05, 3.63) is 17.2 Å². The quantitative estimate of drug-likeness (QED) is 0.808. The molecule has 2 aromatic rings. The number of anilines is 1. The number of halogens is 1. The highest BCUT2D eigenvalue weighted by molar-refractivity contribution is 7.99. The molecule has 0 spiro atoms. The van der Waals surface area contributed by atoms with E-state index in [0.717, 1.165) is 59.6 Å². The van der Waals surface area contributed by atoms with Crippen LogP contribution in [0.25, 0.3) is 11.0 Å². The van der Waals surface area contributed by atoms with E-state index in [9.17, 15) is 0 Å². The van der Waals surface area contributed by atoms with Gasteiger partial charge in [-0.25, -0.2) is 4.98 Å². The summed E-state index contributed by atoms with van der Waals surface area (Å²) in [6, 6.07) is 4.14. The Morgan fingerprint density at radius 1 is 1.15 bits per heavy atom. The summed E-state index contributed by atoms with van der Waals surface area (Å²) in [5, 5.41) is 11.6. The second-order valence-corrected chi connectivity index (χ2v) is 8.99. The molecule has 1 aromatic heterocycles. The predicted octanol–water partition coefficient (Wildman–Crippen LogP) is 3.76. The first-order valence-corrected chi connectivity index (χ1v) is 10.9. The van der Waals surface area contributed by atoms with Crippen LogP contribution in [0.4, 0.5) is 5.69 Å². The molecule has 26 heavy (non-hydrogen) atoms. The molecule has 1 aliphatic carbocycles. The van der Waals surface area contributed by atoms with E-state index in [0.29, 0.717) is 5.25 Å². The lowest BCUT2D eigenvalue weighted by Crippen LogP contribution is -2.47. The third-order valence-electron chi connectivity index (χ3n) is 5.49. The molecule has 0 unspecified atom stereocenters. The maximum absolute atomic E-state index is 9.09. The van der Waals surface area contributed by atoms with E-state index >= 15 is 0 Å². The topological polar surface area (TPSA) is 55.4 Å². The van der Waals surface area contributed by atoms with E-state index in [1.54, 1.807) is 0 Å². The summed E-state index contributed by atoms with van der Waals surface area (Å²) >= 11 is 8.48. The maximum Gasteiger partial charge on any atom is 0.166 e. The number of fused-ring (bicyclic) bond motifs is 1. The van der Waals surface area contributed by atoms with Gasteiger partial charge in [0, 0.05) is 38.0 Å². The Kier molecular flexibility index (Phi) is 5.93. The van der Waals surface area contributed by atoms with Crippen LogP contribution in [-0.4, -0.2) is 64.6 Å². The van der Waals surface area contributed by atoms with Gasteiger partial charge in [-0.3, -0.25) is 4.90 Å². The summed E-state index contributed by atoms with van der Waals surface area (Å²) in [5.74, 6) is 0. The number of piperazine rings is 1. The summed E-state index contributed by atoms with van der Waals surface area (Å²) in [6.45, 7) is 4.75. The summed E-state index contributed by atoms with van der Waals surface area (Å²) < 4.78 is 0. The second-order valence-electron chi connectivity index (χ2n) is 7.29. The average molecular weight is 395 g/mol. The van der Waals surface area contributed by atoms with Crippen LogP contribution in [0.5, 0.6) is 0 Å². The van der Waals surface area contributed by atoms with Gasteiger partial charge in [-0.1, -0.05) is 42.6 Å². The van der Waals surface area contributed by atoms with E-state index < -0.39 is 0 Å². The standard InChI is InChI=1S/C19H27ClN4OS/c20-15-12-16-17(22-19(21-16)26-14-4-2-1-3-5-14)13-18(15)24-8-6-23(7-9-24)10-11-25/h12-14,25H,1-11H2,(H,21,22). The molecule has 142 valence electrons. The Labute approximate surface area is 164 Å². The molecule has 2 aliphatic rings. The van der Waals surface area contributed by atoms with Gasteiger partial charge in [0.1, 0.15) is 0 Å². The molecule has 5 nitrogen and oxygen atoms in total. The summed E-state index contributed by atoms with van der Waals surface area (Å²) in [4.78, 5) is 12.9. The number of aromatic nitrogens is 2. The number of nitrogens with one attached hydrogen (secondary N) is 1. The first-order chi connectivity index (χ1) is 12.7. The van der Waals surface area contributed by atoms with Crippen molar-refractivity contribution >= 4 is 40.1 Å². The number of benzene rings is 1. The Bertz CT molecular complexity index is 738. The van der Waals surface area contributed by atoms with Gasteiger partial charge in [-0.2, -0.15) is 0 Å². The van der Waals surface area contributed by atoms with Gasteiger partial charge in [0.05, 0.1) is 28.4 Å². The fourth-order valence-corrected chi connectivity index (χ4v) is 5.48. The molecular formula is C19H27ClN4OS. The monoisotopic (exact) mass is 394 g/mol. The van der Waals surface area contributed by atoms with Crippen LogP contribution in [-0.2, 0) is 0 Å². The molecule has 1 saturated heterocycles. The van der Waals surface area contributed by atoms with Gasteiger partial charge < -0.3 is 15.0 Å². The number of imidazole rings is 1. The molecule has 2 heterocycles. The highest BCUT2D eigenvalue weighted by Crippen LogP contribution is 2.35. The summed E-state index contributed by atoms with van der Waals surface area (Å²) in [7, 11) is 0. The number of hydrogen-bond donors (Lipinski definition) is 2. The number of β-amino-alcohol motifs (C(OH)–C–C–N with tert-alkyl or cyclic N) is 1. The van der Waals surface area contributed by atoms with Gasteiger partial charge in [0.15, 0.2) is 5.16 Å². The zero-order valence-electron chi connectivity index (χ0n) is 15.1. The van der Waals surface area contributed by atoms with E-state index in [-0.39, 0.29) is 6.61 Å². The molecule has 0 amide bonds. The number of aliphatic hydroxyl groups excluding tert-OH is 1. The molecule has 2 fully saturated rings. The van der Waals surface area contributed by atoms with Crippen molar-refractivity contribution in [2.45, 2.75) is 42.5 Å². The van der Waals surface area contributed by atoms with Crippen molar-refractivity contribution in [2.75, 3.05) is 44.2 Å². The van der Waals surface area contributed by atoms with Crippen molar-refractivity contribution in [1.29, 1.82) is 0 Å². The van der Waals surface area contributed by atoms with E-state index in [1.165, 1.54) is 32.1 Å². The van der Waals surface area contributed by atoms with Gasteiger partial charge in [-0.05, 0) is 25.0 Å². The normalized spacial score (nSPS) is 20.2. The third kappa shape index (κ3) is 4.14. The van der Waals surface area contributed by atoms with E-state index in [1.807, 2.05) is 17.8 Å². The summed E-state index contributed by atoms with van der Waals surface area (Å²) in [6.07, 6.45) is 6.66. The molecule has 0 atom stereocenters. The fraction of sp³-hybridized carbons (Fsp3) is 0.632. The lowest BCUT2D eigenvalue weighted by molar-refractivity contribution is 0.189. The number of aliphatic hydroxyl groups is 1. The van der Waals surface area contributed by atoms with Crippen molar-refractivity contribution in [1.82, 2.24) is 14.9 Å². The van der Waals surface area contributed by atoms with Gasteiger partial charge in [0.2, 0.25) is 0 Å². The maximum atomic E-state index is 9.09. The first kappa shape index (κ1) is 18.4. The van der Waals surface area contributed by atoms with Crippen LogP contribution >= 0.6 is 23.4 Å². The van der Waals surface area contributed by atoms with Crippen LogP contribution in [0.3, 0.4) is 0 Å². The lowest BCUT2D eigenvalue weighted by Gasteiger charge is -2.36. The van der Waals surface area contributed by atoms with Crippen LogP contribution in [0.1, 0.15) is 32.1 Å². The number of thioether (sulfide) groups is 1. The predicted molar refractivity (Wildman–Crippen MR) is 110 cm³/mol. The molecule has 1 aromatic carbocycles. The molecule has 0 bridgehead atoms. The Morgan fingerprint density at radius 2 is 1.92 bits per heavy atom. The van der Waals surface area contributed by atoms with E-state index in [4.69, 9.17) is 21.7 Å².